The van der Waals surface area contributed by atoms with Gasteiger partial charge in [-0.15, -0.1) is 0 Å². The molecule has 6 nitrogen and oxygen atoms in total. The van der Waals surface area contributed by atoms with Gasteiger partial charge in [-0.3, -0.25) is 14.5 Å². The second-order valence-corrected chi connectivity index (χ2v) is 8.70. The highest BCUT2D eigenvalue weighted by atomic mass is 16.5. The maximum Gasteiger partial charge on any atom is 0.301 e. The van der Waals surface area contributed by atoms with Crippen LogP contribution in [-0.2, 0) is 15.0 Å². The third-order valence-electron chi connectivity index (χ3n) is 5.45. The van der Waals surface area contributed by atoms with Crippen LogP contribution < -0.4 is 4.90 Å². The standard InChI is InChI=1S/C25H24N2O4/c1-15-14-19(26-31-15)27-21(16-10-12-18(13-11-16)25(2,3)4)20(23(29)24(27)30)22(28)17-8-6-5-7-9-17/h5-14,21,28H,1-4H3/b22-20+/t21-/m1/s1. The number of aliphatic hydroxyl groups excluding tert-OH is 1. The molecule has 1 amide bonds. The first-order chi connectivity index (χ1) is 14.7. The van der Waals surface area contributed by atoms with E-state index in [0.717, 1.165) is 5.56 Å². The van der Waals surface area contributed by atoms with Gasteiger partial charge in [0.2, 0.25) is 0 Å². The number of aromatic nitrogens is 1. The highest BCUT2D eigenvalue weighted by Crippen LogP contribution is 2.42. The summed E-state index contributed by atoms with van der Waals surface area (Å²) in [6.45, 7) is 8.05. The van der Waals surface area contributed by atoms with Crippen LogP contribution in [-0.4, -0.2) is 22.0 Å². The SMILES string of the molecule is Cc1cc(N2C(=O)C(=O)/C(=C(/O)c3ccccc3)[C@H]2c2ccc(C(C)(C)C)cc2)no1. The summed E-state index contributed by atoms with van der Waals surface area (Å²) >= 11 is 0. The molecule has 0 spiro atoms. The molecule has 1 N–H and O–H groups in total. The van der Waals surface area contributed by atoms with Crippen LogP contribution in [0.5, 0.6) is 0 Å². The lowest BCUT2D eigenvalue weighted by molar-refractivity contribution is -0.132. The van der Waals surface area contributed by atoms with Crippen LogP contribution in [0, 0.1) is 6.92 Å². The van der Waals surface area contributed by atoms with Gasteiger partial charge in [0, 0.05) is 11.6 Å². The molecule has 0 aliphatic carbocycles. The van der Waals surface area contributed by atoms with Crippen LogP contribution >= 0.6 is 0 Å². The van der Waals surface area contributed by atoms with E-state index in [-0.39, 0.29) is 22.6 Å². The van der Waals surface area contributed by atoms with Gasteiger partial charge in [0.1, 0.15) is 11.5 Å². The van der Waals surface area contributed by atoms with Crippen molar-refractivity contribution in [2.45, 2.75) is 39.2 Å². The molecular formula is C25H24N2O4. The number of carbonyl (C=O) groups is 2. The molecule has 0 radical (unpaired) electrons. The van der Waals surface area contributed by atoms with Crippen LogP contribution in [0.3, 0.4) is 0 Å². The van der Waals surface area contributed by atoms with Crippen molar-refractivity contribution in [1.29, 1.82) is 0 Å². The largest absolute Gasteiger partial charge is 0.507 e. The molecule has 1 saturated heterocycles. The first-order valence-electron chi connectivity index (χ1n) is 10.1. The Morgan fingerprint density at radius 2 is 1.68 bits per heavy atom. The molecule has 158 valence electrons. The molecule has 2 heterocycles. The topological polar surface area (TPSA) is 83.6 Å². The second kappa shape index (κ2) is 7.54. The Morgan fingerprint density at radius 1 is 1.03 bits per heavy atom. The van der Waals surface area contributed by atoms with E-state index in [0.29, 0.717) is 16.9 Å². The predicted octanol–water partition coefficient (Wildman–Crippen LogP) is 4.91. The van der Waals surface area contributed by atoms with E-state index in [2.05, 4.69) is 25.9 Å². The summed E-state index contributed by atoms with van der Waals surface area (Å²) in [7, 11) is 0. The number of hydrogen-bond donors (Lipinski definition) is 1. The van der Waals surface area contributed by atoms with Gasteiger partial charge in [0.15, 0.2) is 5.82 Å². The van der Waals surface area contributed by atoms with Crippen molar-refractivity contribution in [3.63, 3.8) is 0 Å². The molecule has 1 aliphatic heterocycles. The van der Waals surface area contributed by atoms with Crippen molar-refractivity contribution >= 4 is 23.3 Å². The number of benzene rings is 2. The van der Waals surface area contributed by atoms with Crippen LogP contribution in [0.25, 0.3) is 5.76 Å². The summed E-state index contributed by atoms with van der Waals surface area (Å²) in [6, 6.07) is 17.2. The zero-order valence-corrected chi connectivity index (χ0v) is 17.9. The van der Waals surface area contributed by atoms with Crippen molar-refractivity contribution in [3.05, 3.63) is 88.7 Å². The summed E-state index contributed by atoms with van der Waals surface area (Å²) in [4.78, 5) is 27.4. The Kier molecular flexibility index (Phi) is 5.01. The Hall–Kier alpha value is -3.67. The Balaban J connectivity index is 1.91. The van der Waals surface area contributed by atoms with E-state index in [1.165, 1.54) is 4.90 Å². The predicted molar refractivity (Wildman–Crippen MR) is 118 cm³/mol. The Labute approximate surface area is 180 Å². The molecular weight excluding hydrogens is 392 g/mol. The summed E-state index contributed by atoms with van der Waals surface area (Å²) in [5.74, 6) is -0.979. The van der Waals surface area contributed by atoms with Gasteiger partial charge in [-0.25, -0.2) is 0 Å². The van der Waals surface area contributed by atoms with Crippen LogP contribution in [0.1, 0.15) is 49.3 Å². The molecule has 1 aliphatic rings. The fourth-order valence-corrected chi connectivity index (χ4v) is 3.77. The van der Waals surface area contributed by atoms with Gasteiger partial charge in [-0.2, -0.15) is 0 Å². The van der Waals surface area contributed by atoms with Gasteiger partial charge >= 0.3 is 5.91 Å². The number of aryl methyl sites for hydroxylation is 1. The number of carbonyl (C=O) groups excluding carboxylic acids is 2. The molecule has 3 aromatic rings. The van der Waals surface area contributed by atoms with Crippen LogP contribution in [0.15, 0.2) is 70.8 Å². The van der Waals surface area contributed by atoms with E-state index in [4.69, 9.17) is 4.52 Å². The lowest BCUT2D eigenvalue weighted by Gasteiger charge is -2.24. The third kappa shape index (κ3) is 3.65. The van der Waals surface area contributed by atoms with Gasteiger partial charge < -0.3 is 9.63 Å². The third-order valence-corrected chi connectivity index (χ3v) is 5.45. The van der Waals surface area contributed by atoms with Gasteiger partial charge in [0.25, 0.3) is 5.78 Å². The van der Waals surface area contributed by atoms with Gasteiger partial charge in [-0.05, 0) is 23.5 Å². The van der Waals surface area contributed by atoms with Crippen LogP contribution in [0.4, 0.5) is 5.82 Å². The highest BCUT2D eigenvalue weighted by Gasteiger charge is 2.48. The number of hydrogen-bond acceptors (Lipinski definition) is 5. The monoisotopic (exact) mass is 416 g/mol. The number of amides is 1. The van der Waals surface area contributed by atoms with Crippen molar-refractivity contribution < 1.29 is 19.2 Å². The smallest absolute Gasteiger partial charge is 0.301 e. The number of Topliss-reactive ketones (excluding diaryl/α,β-unsaturated/α-hetero) is 1. The van der Waals surface area contributed by atoms with Crippen LogP contribution in [0.2, 0.25) is 0 Å². The maximum absolute atomic E-state index is 13.1. The molecule has 1 atom stereocenters. The Bertz CT molecular complexity index is 1170. The normalized spacial score (nSPS) is 18.6. The van der Waals surface area contributed by atoms with E-state index in [1.54, 1.807) is 37.3 Å². The summed E-state index contributed by atoms with van der Waals surface area (Å²) in [5.41, 5.74) is 2.26. The summed E-state index contributed by atoms with van der Waals surface area (Å²) in [5, 5.41) is 15.0. The molecule has 31 heavy (non-hydrogen) atoms. The fourth-order valence-electron chi connectivity index (χ4n) is 3.77. The van der Waals surface area contributed by atoms with Gasteiger partial charge in [-0.1, -0.05) is 80.5 Å². The van der Waals surface area contributed by atoms with E-state index < -0.39 is 17.7 Å². The van der Waals surface area contributed by atoms with Crippen molar-refractivity contribution in [2.75, 3.05) is 4.90 Å². The molecule has 1 aromatic heterocycles. The number of anilines is 1. The van der Waals surface area contributed by atoms with Crippen molar-refractivity contribution in [1.82, 2.24) is 5.16 Å². The zero-order valence-electron chi connectivity index (χ0n) is 17.9. The zero-order chi connectivity index (χ0) is 22.3. The summed E-state index contributed by atoms with van der Waals surface area (Å²) in [6.07, 6.45) is 0. The highest BCUT2D eigenvalue weighted by molar-refractivity contribution is 6.51. The first-order valence-corrected chi connectivity index (χ1v) is 10.1. The van der Waals surface area contributed by atoms with E-state index in [9.17, 15) is 14.7 Å². The minimum absolute atomic E-state index is 0.0281. The fraction of sp³-hybridized carbons (Fsp3) is 0.240. The lowest BCUT2D eigenvalue weighted by atomic mass is 9.85. The molecule has 4 rings (SSSR count). The van der Waals surface area contributed by atoms with E-state index in [1.807, 2.05) is 30.3 Å². The molecule has 1 fully saturated rings. The average Bonchev–Trinajstić information content (AvgIpc) is 3.28. The second-order valence-electron chi connectivity index (χ2n) is 8.70. The number of rotatable bonds is 3. The Morgan fingerprint density at radius 3 is 2.23 bits per heavy atom. The average molecular weight is 416 g/mol. The molecule has 6 heteroatoms. The molecule has 0 bridgehead atoms. The minimum Gasteiger partial charge on any atom is -0.507 e. The maximum atomic E-state index is 13.1. The molecule has 0 saturated carbocycles. The quantitative estimate of drug-likeness (QED) is 0.373. The minimum atomic E-state index is -0.821. The van der Waals surface area contributed by atoms with Crippen molar-refractivity contribution in [3.8, 4) is 0 Å². The molecule has 0 unspecified atom stereocenters. The number of nitrogens with zero attached hydrogens (tertiary/aromatic N) is 2. The van der Waals surface area contributed by atoms with Crippen molar-refractivity contribution in [2.24, 2.45) is 0 Å². The molecule has 2 aromatic carbocycles. The number of ketones is 1. The lowest BCUT2D eigenvalue weighted by Crippen LogP contribution is -2.29. The van der Waals surface area contributed by atoms with Gasteiger partial charge in [0.05, 0.1) is 11.6 Å². The van der Waals surface area contributed by atoms with E-state index >= 15 is 0 Å². The summed E-state index contributed by atoms with van der Waals surface area (Å²) < 4.78 is 5.16. The first kappa shape index (κ1) is 20.6. The number of aliphatic hydroxyl groups is 1.